The average Bonchev–Trinajstić information content (AvgIpc) is 3.08. The van der Waals surface area contributed by atoms with Gasteiger partial charge in [0.25, 0.3) is 5.69 Å². The Hall–Kier alpha value is -1.52. The summed E-state index contributed by atoms with van der Waals surface area (Å²) in [6, 6.07) is 7.49. The fourth-order valence-corrected chi connectivity index (χ4v) is 5.38. The molecule has 0 atom stereocenters. The van der Waals surface area contributed by atoms with Crippen molar-refractivity contribution in [3.05, 3.63) is 55.7 Å². The molecule has 1 fully saturated rings. The highest BCUT2D eigenvalue weighted by atomic mass is 35.5. The minimum atomic E-state index is -3.77. The zero-order chi connectivity index (χ0) is 18.0. The van der Waals surface area contributed by atoms with Crippen LogP contribution in [0.5, 0.6) is 0 Å². The SMILES string of the molecule is O=[N+]([O-])c1ccc(S(=O)(=O)N2CCN(Cc3cccs3)CC2)c(Cl)c1. The molecule has 1 aliphatic heterocycles. The first-order chi connectivity index (χ1) is 11.9. The largest absolute Gasteiger partial charge is 0.296 e. The van der Waals surface area contributed by atoms with Gasteiger partial charge in [0.2, 0.25) is 10.0 Å². The van der Waals surface area contributed by atoms with Crippen LogP contribution in [0.1, 0.15) is 4.88 Å². The predicted octanol–water partition coefficient (Wildman–Crippen LogP) is 2.82. The van der Waals surface area contributed by atoms with Crippen LogP contribution in [0.4, 0.5) is 5.69 Å². The molecule has 0 unspecified atom stereocenters. The Morgan fingerprint density at radius 3 is 2.48 bits per heavy atom. The van der Waals surface area contributed by atoms with Crippen LogP contribution in [0, 0.1) is 10.1 Å². The van der Waals surface area contributed by atoms with E-state index in [1.54, 1.807) is 11.3 Å². The zero-order valence-electron chi connectivity index (χ0n) is 13.2. The predicted molar refractivity (Wildman–Crippen MR) is 96.5 cm³/mol. The Bertz CT molecular complexity index is 863. The van der Waals surface area contributed by atoms with E-state index in [1.807, 2.05) is 11.4 Å². The van der Waals surface area contributed by atoms with E-state index >= 15 is 0 Å². The van der Waals surface area contributed by atoms with Gasteiger partial charge in [0.15, 0.2) is 0 Å². The number of halogens is 1. The van der Waals surface area contributed by atoms with Crippen molar-refractivity contribution in [1.29, 1.82) is 0 Å². The Morgan fingerprint density at radius 1 is 1.20 bits per heavy atom. The number of nitro groups is 1. The van der Waals surface area contributed by atoms with Crippen molar-refractivity contribution < 1.29 is 13.3 Å². The first kappa shape index (κ1) is 18.3. The van der Waals surface area contributed by atoms with Gasteiger partial charge in [-0.05, 0) is 17.5 Å². The quantitative estimate of drug-likeness (QED) is 0.568. The number of hydrogen-bond acceptors (Lipinski definition) is 6. The minimum Gasteiger partial charge on any atom is -0.296 e. The topological polar surface area (TPSA) is 83.8 Å². The monoisotopic (exact) mass is 401 g/mol. The van der Waals surface area contributed by atoms with Crippen molar-refractivity contribution in [3.8, 4) is 0 Å². The molecule has 0 bridgehead atoms. The van der Waals surface area contributed by atoms with E-state index < -0.39 is 14.9 Å². The summed E-state index contributed by atoms with van der Waals surface area (Å²) in [5.74, 6) is 0. The highest BCUT2D eigenvalue weighted by molar-refractivity contribution is 7.89. The second kappa shape index (κ2) is 7.38. The van der Waals surface area contributed by atoms with Crippen molar-refractivity contribution in [2.45, 2.75) is 11.4 Å². The summed E-state index contributed by atoms with van der Waals surface area (Å²) in [5.41, 5.74) is -0.232. The van der Waals surface area contributed by atoms with Crippen LogP contribution in [-0.2, 0) is 16.6 Å². The van der Waals surface area contributed by atoms with E-state index in [0.29, 0.717) is 26.2 Å². The van der Waals surface area contributed by atoms with Crippen LogP contribution in [0.2, 0.25) is 5.02 Å². The third-order valence-corrected chi connectivity index (χ3v) is 7.28. The maximum Gasteiger partial charge on any atom is 0.271 e. The van der Waals surface area contributed by atoms with Crippen LogP contribution < -0.4 is 0 Å². The van der Waals surface area contributed by atoms with Gasteiger partial charge in [-0.1, -0.05) is 17.7 Å². The van der Waals surface area contributed by atoms with Gasteiger partial charge in [0, 0.05) is 49.7 Å². The van der Waals surface area contributed by atoms with Gasteiger partial charge < -0.3 is 0 Å². The summed E-state index contributed by atoms with van der Waals surface area (Å²) in [4.78, 5) is 13.5. The smallest absolute Gasteiger partial charge is 0.271 e. The molecule has 134 valence electrons. The normalized spacial score (nSPS) is 16.8. The molecule has 2 aromatic rings. The number of non-ortho nitro benzene ring substituents is 1. The summed E-state index contributed by atoms with van der Waals surface area (Å²) in [5, 5.41) is 12.7. The standard InChI is InChI=1S/C15H16ClN3O4S2/c16-14-10-12(19(20)21)3-4-15(14)25(22,23)18-7-5-17(6-8-18)11-13-2-1-9-24-13/h1-4,9-10H,5-8,11H2. The molecule has 1 aromatic heterocycles. The molecular weight excluding hydrogens is 386 g/mol. The van der Waals surface area contributed by atoms with Gasteiger partial charge >= 0.3 is 0 Å². The lowest BCUT2D eigenvalue weighted by Gasteiger charge is -2.33. The number of nitrogens with zero attached hydrogens (tertiary/aromatic N) is 3. The Kier molecular flexibility index (Phi) is 5.40. The fraction of sp³-hybridized carbons (Fsp3) is 0.333. The number of hydrogen-bond donors (Lipinski definition) is 0. The number of rotatable bonds is 5. The first-order valence-electron chi connectivity index (χ1n) is 7.57. The lowest BCUT2D eigenvalue weighted by atomic mass is 10.3. The van der Waals surface area contributed by atoms with Crippen molar-refractivity contribution in [2.75, 3.05) is 26.2 Å². The molecule has 2 heterocycles. The van der Waals surface area contributed by atoms with Gasteiger partial charge in [-0.15, -0.1) is 11.3 Å². The van der Waals surface area contributed by atoms with Crippen LogP contribution >= 0.6 is 22.9 Å². The Labute approximate surface area is 154 Å². The summed E-state index contributed by atoms with van der Waals surface area (Å²) >= 11 is 7.66. The third-order valence-electron chi connectivity index (χ3n) is 4.03. The molecule has 1 saturated heterocycles. The van der Waals surface area contributed by atoms with Crippen molar-refractivity contribution in [3.63, 3.8) is 0 Å². The summed E-state index contributed by atoms with van der Waals surface area (Å²) in [6.07, 6.45) is 0. The molecule has 1 aliphatic rings. The molecule has 0 N–H and O–H groups in total. The molecule has 0 radical (unpaired) electrons. The second-order valence-corrected chi connectivity index (χ2v) is 8.98. The summed E-state index contributed by atoms with van der Waals surface area (Å²) < 4.78 is 26.9. The van der Waals surface area contributed by atoms with E-state index in [9.17, 15) is 18.5 Å². The third kappa shape index (κ3) is 4.01. The van der Waals surface area contributed by atoms with E-state index in [1.165, 1.54) is 15.2 Å². The van der Waals surface area contributed by atoms with Gasteiger partial charge in [-0.3, -0.25) is 15.0 Å². The number of sulfonamides is 1. The second-order valence-electron chi connectivity index (χ2n) is 5.63. The molecule has 10 heteroatoms. The van der Waals surface area contributed by atoms with Crippen molar-refractivity contribution >= 4 is 38.6 Å². The molecule has 0 spiro atoms. The maximum atomic E-state index is 12.8. The fourth-order valence-electron chi connectivity index (χ4n) is 2.70. The van der Waals surface area contributed by atoms with Gasteiger partial charge in [-0.2, -0.15) is 4.31 Å². The van der Waals surface area contributed by atoms with Gasteiger partial charge in [0.05, 0.1) is 9.95 Å². The summed E-state index contributed by atoms with van der Waals surface area (Å²) in [6.45, 7) is 2.79. The van der Waals surface area contributed by atoms with Gasteiger partial charge in [-0.25, -0.2) is 8.42 Å². The van der Waals surface area contributed by atoms with Crippen LogP contribution in [0.25, 0.3) is 0 Å². The van der Waals surface area contributed by atoms with Crippen LogP contribution in [0.15, 0.2) is 40.6 Å². The highest BCUT2D eigenvalue weighted by Crippen LogP contribution is 2.29. The molecular formula is C15H16ClN3O4S2. The van der Waals surface area contributed by atoms with Gasteiger partial charge in [0.1, 0.15) is 4.90 Å². The minimum absolute atomic E-state index is 0.0912. The number of thiophene rings is 1. The molecule has 3 rings (SSSR count). The average molecular weight is 402 g/mol. The number of nitro benzene ring substituents is 1. The first-order valence-corrected chi connectivity index (χ1v) is 10.3. The van der Waals surface area contributed by atoms with Crippen LogP contribution in [-0.4, -0.2) is 48.7 Å². The molecule has 0 saturated carbocycles. The van der Waals surface area contributed by atoms with E-state index in [-0.39, 0.29) is 15.6 Å². The molecule has 25 heavy (non-hydrogen) atoms. The van der Waals surface area contributed by atoms with E-state index in [0.717, 1.165) is 18.7 Å². The lowest BCUT2D eigenvalue weighted by molar-refractivity contribution is -0.384. The molecule has 7 nitrogen and oxygen atoms in total. The number of piperazine rings is 1. The zero-order valence-corrected chi connectivity index (χ0v) is 15.6. The maximum absolute atomic E-state index is 12.8. The van der Waals surface area contributed by atoms with Crippen molar-refractivity contribution in [2.24, 2.45) is 0 Å². The van der Waals surface area contributed by atoms with Crippen molar-refractivity contribution in [1.82, 2.24) is 9.21 Å². The molecule has 1 aromatic carbocycles. The summed E-state index contributed by atoms with van der Waals surface area (Å²) in [7, 11) is -3.77. The number of benzene rings is 1. The Morgan fingerprint density at radius 2 is 1.92 bits per heavy atom. The van der Waals surface area contributed by atoms with Crippen LogP contribution in [0.3, 0.4) is 0 Å². The Balaban J connectivity index is 1.70. The highest BCUT2D eigenvalue weighted by Gasteiger charge is 2.30. The lowest BCUT2D eigenvalue weighted by Crippen LogP contribution is -2.48. The molecule has 0 aliphatic carbocycles. The molecule has 0 amide bonds. The van der Waals surface area contributed by atoms with E-state index in [2.05, 4.69) is 11.0 Å². The van der Waals surface area contributed by atoms with E-state index in [4.69, 9.17) is 11.6 Å².